The highest BCUT2D eigenvalue weighted by Gasteiger charge is 2.61. The molecule has 3 unspecified atom stereocenters. The molecule has 4 saturated carbocycles. The molecule has 0 aromatic heterocycles. The molecule has 5 fully saturated rings. The van der Waals surface area contributed by atoms with Gasteiger partial charge in [0.05, 0.1) is 6.61 Å². The monoisotopic (exact) mass is 341 g/mol. The minimum atomic E-state index is -1.31. The van der Waals surface area contributed by atoms with E-state index >= 15 is 0 Å². The minimum Gasteiger partial charge on any atom is -0.394 e. The summed E-state index contributed by atoms with van der Waals surface area (Å²) in [5, 5.41) is 43.3. The van der Waals surface area contributed by atoms with Gasteiger partial charge in [0.1, 0.15) is 30.6 Å². The maximum absolute atomic E-state index is 10.4. The van der Waals surface area contributed by atoms with Crippen LogP contribution in [0.5, 0.6) is 0 Å². The fraction of sp³-hybridized carbons (Fsp3) is 1.00. The molecule has 6 nitrogen and oxygen atoms in total. The number of hydrogen-bond donors (Lipinski definition) is 5. The number of aliphatic hydroxyl groups excluding tert-OH is 4. The van der Waals surface area contributed by atoms with E-state index < -0.39 is 30.6 Å². The number of nitrogens with one attached hydrogen (secondary N) is 1. The molecule has 7 atom stereocenters. The van der Waals surface area contributed by atoms with E-state index in [1.165, 1.54) is 19.3 Å². The number of hydrogen-bond acceptors (Lipinski definition) is 6. The van der Waals surface area contributed by atoms with Gasteiger partial charge in [-0.25, -0.2) is 0 Å². The van der Waals surface area contributed by atoms with Crippen molar-refractivity contribution in [3.8, 4) is 0 Å². The molecule has 24 heavy (non-hydrogen) atoms. The highest BCUT2D eigenvalue weighted by molar-refractivity contribution is 5.15. The first-order chi connectivity index (χ1) is 11.2. The summed E-state index contributed by atoms with van der Waals surface area (Å²) in [6.07, 6.45) is 1.59. The van der Waals surface area contributed by atoms with Gasteiger partial charge in [0.25, 0.3) is 0 Å². The molecule has 5 aliphatic rings. The molecule has 5 N–H and O–H groups in total. The van der Waals surface area contributed by atoms with E-state index in [4.69, 9.17) is 4.74 Å². The van der Waals surface area contributed by atoms with E-state index in [1.54, 1.807) is 0 Å². The smallest absolute Gasteiger partial charge is 0.138 e. The van der Waals surface area contributed by atoms with Gasteiger partial charge in [-0.1, -0.05) is 13.8 Å². The van der Waals surface area contributed by atoms with Gasteiger partial charge < -0.3 is 25.2 Å². The van der Waals surface area contributed by atoms with Gasteiger partial charge in [-0.3, -0.25) is 5.32 Å². The van der Waals surface area contributed by atoms with Crippen molar-refractivity contribution in [3.05, 3.63) is 0 Å². The molecule has 138 valence electrons. The first kappa shape index (κ1) is 17.2. The van der Waals surface area contributed by atoms with E-state index in [2.05, 4.69) is 19.2 Å². The Labute approximate surface area is 143 Å². The van der Waals surface area contributed by atoms with Gasteiger partial charge in [-0.2, -0.15) is 0 Å². The maximum atomic E-state index is 10.4. The molecule has 4 bridgehead atoms. The van der Waals surface area contributed by atoms with Gasteiger partial charge in [-0.05, 0) is 55.3 Å². The Morgan fingerprint density at radius 2 is 1.54 bits per heavy atom. The molecule has 0 aromatic rings. The summed E-state index contributed by atoms with van der Waals surface area (Å²) in [5.74, 6) is 0.702. The van der Waals surface area contributed by atoms with Crippen LogP contribution in [0.3, 0.4) is 0 Å². The second-order valence-electron chi connectivity index (χ2n) is 9.80. The molecule has 6 heteroatoms. The fourth-order valence-electron chi connectivity index (χ4n) is 7.13. The van der Waals surface area contributed by atoms with Gasteiger partial charge in [0.15, 0.2) is 0 Å². The van der Waals surface area contributed by atoms with Crippen LogP contribution in [-0.4, -0.2) is 63.2 Å². The van der Waals surface area contributed by atoms with Crippen LogP contribution < -0.4 is 5.32 Å². The Hall–Kier alpha value is -0.240. The van der Waals surface area contributed by atoms with Gasteiger partial charge in [0.2, 0.25) is 0 Å². The van der Waals surface area contributed by atoms with Crippen molar-refractivity contribution in [1.82, 2.24) is 5.32 Å². The zero-order valence-corrected chi connectivity index (χ0v) is 14.6. The number of ether oxygens (including phenoxy) is 1. The lowest BCUT2D eigenvalue weighted by atomic mass is 9.42. The van der Waals surface area contributed by atoms with Crippen LogP contribution in [0.4, 0.5) is 0 Å². The highest BCUT2D eigenvalue weighted by atomic mass is 16.6. The third-order valence-corrected chi connectivity index (χ3v) is 6.97. The summed E-state index contributed by atoms with van der Waals surface area (Å²) < 4.78 is 5.71. The zero-order chi connectivity index (χ0) is 17.3. The van der Waals surface area contributed by atoms with E-state index in [0.717, 1.165) is 19.3 Å². The Bertz CT molecular complexity index is 494. The predicted molar refractivity (Wildman–Crippen MR) is 87.0 cm³/mol. The lowest BCUT2D eigenvalue weighted by Gasteiger charge is -2.66. The molecule has 1 saturated heterocycles. The van der Waals surface area contributed by atoms with E-state index in [1.807, 2.05) is 0 Å². The molecule has 0 amide bonds. The summed E-state index contributed by atoms with van der Waals surface area (Å²) in [6.45, 7) is 4.37. The van der Waals surface area contributed by atoms with Crippen LogP contribution in [-0.2, 0) is 4.74 Å². The molecule has 0 radical (unpaired) electrons. The second-order valence-corrected chi connectivity index (χ2v) is 9.80. The van der Waals surface area contributed by atoms with Crippen LogP contribution in [0, 0.1) is 16.7 Å². The standard InChI is InChI=1S/C18H31NO5/c1-16-3-10-4-17(2,7-16)9-18(5-10,8-16)19-15-14(23)13(22)12(21)11(6-20)24-15/h10-15,19-23H,3-9H2,1-2H3/t10?,11-,12-,13+,14+,15?,16?,17?,18?/m1/s1. The summed E-state index contributed by atoms with van der Waals surface area (Å²) in [5.41, 5.74) is 0.571. The van der Waals surface area contributed by atoms with Crippen LogP contribution in [0.15, 0.2) is 0 Å². The lowest BCUT2D eigenvalue weighted by Crippen LogP contribution is -2.71. The van der Waals surface area contributed by atoms with Crippen molar-refractivity contribution in [2.45, 2.75) is 88.6 Å². The first-order valence-corrected chi connectivity index (χ1v) is 9.25. The Morgan fingerprint density at radius 3 is 2.08 bits per heavy atom. The Morgan fingerprint density at radius 1 is 0.917 bits per heavy atom. The molecular weight excluding hydrogens is 310 g/mol. The first-order valence-electron chi connectivity index (χ1n) is 9.25. The molecule has 0 spiro atoms. The SMILES string of the molecule is CC12CC3CC(C)(C1)CC(NC1O[C@H](CO)[C@@H](O)[C@H](O)[C@@H]1O)(C3)C2. The van der Waals surface area contributed by atoms with Crippen molar-refractivity contribution in [3.63, 3.8) is 0 Å². The topological polar surface area (TPSA) is 102 Å². The predicted octanol–water partition coefficient (Wildman–Crippen LogP) is 0.125. The Kier molecular flexibility index (Phi) is 3.85. The van der Waals surface area contributed by atoms with Crippen LogP contribution in [0.25, 0.3) is 0 Å². The maximum Gasteiger partial charge on any atom is 0.138 e. The van der Waals surface area contributed by atoms with Gasteiger partial charge >= 0.3 is 0 Å². The van der Waals surface area contributed by atoms with Crippen molar-refractivity contribution in [2.75, 3.05) is 6.61 Å². The summed E-state index contributed by atoms with van der Waals surface area (Å²) in [7, 11) is 0. The molecule has 5 rings (SSSR count). The molecular formula is C18H31NO5. The molecule has 1 heterocycles. The lowest BCUT2D eigenvalue weighted by molar-refractivity contribution is -0.249. The quantitative estimate of drug-likeness (QED) is 0.500. The summed E-state index contributed by atoms with van der Waals surface area (Å²) in [4.78, 5) is 0. The minimum absolute atomic E-state index is 0.0867. The average molecular weight is 341 g/mol. The van der Waals surface area contributed by atoms with Crippen molar-refractivity contribution >= 4 is 0 Å². The van der Waals surface area contributed by atoms with Crippen LogP contribution in [0.1, 0.15) is 52.4 Å². The van der Waals surface area contributed by atoms with Gasteiger partial charge in [-0.15, -0.1) is 0 Å². The van der Waals surface area contributed by atoms with Gasteiger partial charge in [0, 0.05) is 5.54 Å². The summed E-state index contributed by atoms with van der Waals surface area (Å²) >= 11 is 0. The number of rotatable bonds is 3. The van der Waals surface area contributed by atoms with Crippen molar-refractivity contribution in [1.29, 1.82) is 0 Å². The number of aliphatic hydroxyl groups is 4. The van der Waals surface area contributed by atoms with Crippen LogP contribution >= 0.6 is 0 Å². The fourth-order valence-corrected chi connectivity index (χ4v) is 7.13. The van der Waals surface area contributed by atoms with E-state index in [0.29, 0.717) is 16.7 Å². The van der Waals surface area contributed by atoms with E-state index in [-0.39, 0.29) is 12.1 Å². The van der Waals surface area contributed by atoms with E-state index in [9.17, 15) is 20.4 Å². The average Bonchev–Trinajstić information content (AvgIpc) is 2.44. The largest absolute Gasteiger partial charge is 0.394 e. The van der Waals surface area contributed by atoms with Crippen molar-refractivity contribution in [2.24, 2.45) is 16.7 Å². The third kappa shape index (κ3) is 2.63. The van der Waals surface area contributed by atoms with Crippen molar-refractivity contribution < 1.29 is 25.2 Å². The normalized spacial score (nSPS) is 59.8. The highest BCUT2D eigenvalue weighted by Crippen LogP contribution is 2.66. The second kappa shape index (κ2) is 5.38. The van der Waals surface area contributed by atoms with Crippen LogP contribution in [0.2, 0.25) is 0 Å². The molecule has 1 aliphatic heterocycles. The molecule has 0 aromatic carbocycles. The molecule has 4 aliphatic carbocycles. The zero-order valence-electron chi connectivity index (χ0n) is 14.6. The summed E-state index contributed by atoms with van der Waals surface area (Å²) in [6, 6.07) is 0. The Balaban J connectivity index is 1.56. The third-order valence-electron chi connectivity index (χ3n) is 6.97.